The number of benzene rings is 1. The molecule has 0 saturated carbocycles. The number of aliphatic carboxylic acids is 1. The second-order valence-corrected chi connectivity index (χ2v) is 7.37. The predicted molar refractivity (Wildman–Crippen MR) is 74.8 cm³/mol. The summed E-state index contributed by atoms with van der Waals surface area (Å²) < 4.78 is 45.1. The fraction of sp³-hybridized carbons (Fsp3) is 0.417. The highest BCUT2D eigenvalue weighted by Gasteiger charge is 2.45. The molecule has 2 atom stereocenters. The summed E-state index contributed by atoms with van der Waals surface area (Å²) in [4.78, 5) is 10.7. The molecule has 1 aliphatic rings. The van der Waals surface area contributed by atoms with E-state index in [2.05, 4.69) is 15.9 Å². The van der Waals surface area contributed by atoms with Crippen molar-refractivity contribution in [2.45, 2.75) is 23.5 Å². The van der Waals surface area contributed by atoms with Gasteiger partial charge in [-0.05, 0) is 18.2 Å². The molecule has 1 aromatic rings. The van der Waals surface area contributed by atoms with Gasteiger partial charge in [0, 0.05) is 24.5 Å². The van der Waals surface area contributed by atoms with Crippen LogP contribution in [0.3, 0.4) is 0 Å². The summed E-state index contributed by atoms with van der Waals surface area (Å²) in [5.41, 5.74) is 0. The molecule has 0 aliphatic carbocycles. The van der Waals surface area contributed by atoms with E-state index in [9.17, 15) is 17.6 Å². The topological polar surface area (TPSA) is 83.9 Å². The Morgan fingerprint density at radius 2 is 2.19 bits per heavy atom. The maximum Gasteiger partial charge on any atom is 0.322 e. The first-order valence-electron chi connectivity index (χ1n) is 6.00. The van der Waals surface area contributed by atoms with E-state index in [0.717, 1.165) is 16.4 Å². The van der Waals surface area contributed by atoms with E-state index >= 15 is 0 Å². The van der Waals surface area contributed by atoms with Gasteiger partial charge in [0.05, 0.1) is 6.10 Å². The number of nitrogens with zero attached hydrogens (tertiary/aromatic N) is 1. The number of halogens is 2. The molecule has 1 aromatic carbocycles. The number of hydrogen-bond acceptors (Lipinski definition) is 4. The molecule has 0 amide bonds. The molecule has 0 radical (unpaired) electrons. The molecule has 6 nitrogen and oxygen atoms in total. The average Bonchev–Trinajstić information content (AvgIpc) is 2.83. The van der Waals surface area contributed by atoms with Gasteiger partial charge in [0.15, 0.2) is 0 Å². The van der Waals surface area contributed by atoms with Crippen molar-refractivity contribution >= 4 is 31.9 Å². The van der Waals surface area contributed by atoms with Crippen LogP contribution in [-0.4, -0.2) is 49.6 Å². The third-order valence-corrected chi connectivity index (χ3v) is 5.72. The molecule has 0 aromatic heterocycles. The number of carboxylic acids is 1. The van der Waals surface area contributed by atoms with Crippen LogP contribution >= 0.6 is 15.9 Å². The number of methoxy groups -OCH3 is 1. The van der Waals surface area contributed by atoms with Crippen LogP contribution in [0.1, 0.15) is 6.42 Å². The minimum Gasteiger partial charge on any atom is -0.480 e. The van der Waals surface area contributed by atoms with Crippen LogP contribution < -0.4 is 0 Å². The molecule has 21 heavy (non-hydrogen) atoms. The van der Waals surface area contributed by atoms with Crippen molar-refractivity contribution in [3.8, 4) is 0 Å². The molecule has 1 heterocycles. The monoisotopic (exact) mass is 381 g/mol. The lowest BCUT2D eigenvalue weighted by Crippen LogP contribution is -2.40. The molecular weight excluding hydrogens is 369 g/mol. The highest BCUT2D eigenvalue weighted by atomic mass is 79.9. The Morgan fingerprint density at radius 1 is 1.52 bits per heavy atom. The van der Waals surface area contributed by atoms with E-state index in [1.807, 2.05) is 0 Å². The average molecular weight is 382 g/mol. The molecule has 0 spiro atoms. The zero-order chi connectivity index (χ0) is 15.8. The van der Waals surface area contributed by atoms with E-state index in [1.54, 1.807) is 0 Å². The third kappa shape index (κ3) is 3.10. The number of ether oxygens (including phenoxy) is 1. The van der Waals surface area contributed by atoms with Crippen LogP contribution in [0.15, 0.2) is 27.6 Å². The Kier molecular flexibility index (Phi) is 4.66. The molecule has 116 valence electrons. The van der Waals surface area contributed by atoms with Gasteiger partial charge in [-0.15, -0.1) is 0 Å². The fourth-order valence-electron chi connectivity index (χ4n) is 2.24. The van der Waals surface area contributed by atoms with Crippen LogP contribution in [-0.2, 0) is 19.6 Å². The van der Waals surface area contributed by atoms with Gasteiger partial charge in [-0.1, -0.05) is 15.9 Å². The highest BCUT2D eigenvalue weighted by molar-refractivity contribution is 9.10. The van der Waals surface area contributed by atoms with Crippen LogP contribution in [0.25, 0.3) is 0 Å². The van der Waals surface area contributed by atoms with Crippen LogP contribution in [0, 0.1) is 5.82 Å². The zero-order valence-electron chi connectivity index (χ0n) is 11.0. The number of rotatable bonds is 4. The molecule has 2 rings (SSSR count). The Hall–Kier alpha value is -1.03. The van der Waals surface area contributed by atoms with Gasteiger partial charge in [-0.2, -0.15) is 4.31 Å². The lowest BCUT2D eigenvalue weighted by molar-refractivity contribution is -0.140. The summed E-state index contributed by atoms with van der Waals surface area (Å²) in [6.07, 6.45) is -0.497. The number of hydrogen-bond donors (Lipinski definition) is 1. The molecular formula is C12H13BrFNO5S. The standard InChI is InChI=1S/C12H13BrFNO5S/c1-20-8-5-10(12(16)17)15(6-8)21(18,19)11-3-2-7(13)4-9(11)14/h2-4,8,10H,5-6H2,1H3,(H,16,17). The van der Waals surface area contributed by atoms with Gasteiger partial charge in [-0.3, -0.25) is 4.79 Å². The Balaban J connectivity index is 2.44. The Labute approximate surface area is 129 Å². The summed E-state index contributed by atoms with van der Waals surface area (Å²) >= 11 is 3.04. The molecule has 1 fully saturated rings. The molecule has 0 bridgehead atoms. The predicted octanol–water partition coefficient (Wildman–Crippen LogP) is 1.45. The maximum absolute atomic E-state index is 13.9. The minimum atomic E-state index is -4.25. The SMILES string of the molecule is COC1CC(C(=O)O)N(S(=O)(=O)c2ccc(Br)cc2F)C1. The number of carbonyl (C=O) groups is 1. The smallest absolute Gasteiger partial charge is 0.322 e. The Bertz CT molecular complexity index is 666. The van der Waals surface area contributed by atoms with Crippen molar-refractivity contribution < 1.29 is 27.4 Å². The highest BCUT2D eigenvalue weighted by Crippen LogP contribution is 2.30. The Morgan fingerprint density at radius 3 is 2.71 bits per heavy atom. The second kappa shape index (κ2) is 5.99. The molecule has 2 unspecified atom stereocenters. The summed E-state index contributed by atoms with van der Waals surface area (Å²) in [6.45, 7) is -0.120. The quantitative estimate of drug-likeness (QED) is 0.853. The summed E-state index contributed by atoms with van der Waals surface area (Å²) in [7, 11) is -2.87. The van der Waals surface area contributed by atoms with Gasteiger partial charge in [0.1, 0.15) is 16.8 Å². The van der Waals surface area contributed by atoms with Crippen molar-refractivity contribution in [3.63, 3.8) is 0 Å². The van der Waals surface area contributed by atoms with E-state index in [4.69, 9.17) is 9.84 Å². The summed E-state index contributed by atoms with van der Waals surface area (Å²) in [5, 5.41) is 9.16. The van der Waals surface area contributed by atoms with Crippen molar-refractivity contribution in [3.05, 3.63) is 28.5 Å². The van der Waals surface area contributed by atoms with Crippen molar-refractivity contribution in [1.29, 1.82) is 0 Å². The van der Waals surface area contributed by atoms with E-state index in [1.165, 1.54) is 13.2 Å². The second-order valence-electron chi connectivity index (χ2n) is 4.60. The lowest BCUT2D eigenvalue weighted by atomic mass is 10.2. The third-order valence-electron chi connectivity index (χ3n) is 3.32. The molecule has 9 heteroatoms. The molecule has 1 saturated heterocycles. The maximum atomic E-state index is 13.9. The number of carboxylic acid groups (broad SMARTS) is 1. The van der Waals surface area contributed by atoms with E-state index in [0.29, 0.717) is 4.47 Å². The first kappa shape index (κ1) is 16.3. The summed E-state index contributed by atoms with van der Waals surface area (Å²) in [5.74, 6) is -2.22. The fourth-order valence-corrected chi connectivity index (χ4v) is 4.25. The van der Waals surface area contributed by atoms with Gasteiger partial charge < -0.3 is 9.84 Å². The van der Waals surface area contributed by atoms with Gasteiger partial charge in [0.2, 0.25) is 10.0 Å². The molecule has 1 aliphatic heterocycles. The first-order chi connectivity index (χ1) is 9.77. The van der Waals surface area contributed by atoms with E-state index < -0.39 is 38.9 Å². The lowest BCUT2D eigenvalue weighted by Gasteiger charge is -2.21. The van der Waals surface area contributed by atoms with Crippen LogP contribution in [0.5, 0.6) is 0 Å². The number of sulfonamides is 1. The zero-order valence-corrected chi connectivity index (χ0v) is 13.4. The van der Waals surface area contributed by atoms with Gasteiger partial charge >= 0.3 is 5.97 Å². The first-order valence-corrected chi connectivity index (χ1v) is 8.23. The molecule has 1 N–H and O–H groups in total. The van der Waals surface area contributed by atoms with Crippen molar-refractivity contribution in [1.82, 2.24) is 4.31 Å². The van der Waals surface area contributed by atoms with E-state index in [-0.39, 0.29) is 13.0 Å². The largest absolute Gasteiger partial charge is 0.480 e. The van der Waals surface area contributed by atoms with Crippen molar-refractivity contribution in [2.75, 3.05) is 13.7 Å². The normalized spacial score (nSPS) is 23.4. The summed E-state index contributed by atoms with van der Waals surface area (Å²) in [6, 6.07) is 2.25. The van der Waals surface area contributed by atoms with Crippen LogP contribution in [0.2, 0.25) is 0 Å². The van der Waals surface area contributed by atoms with Gasteiger partial charge in [0.25, 0.3) is 0 Å². The van der Waals surface area contributed by atoms with Crippen molar-refractivity contribution in [2.24, 2.45) is 0 Å². The minimum absolute atomic E-state index is 0.0310. The van der Waals surface area contributed by atoms with Crippen LogP contribution in [0.4, 0.5) is 4.39 Å². The van der Waals surface area contributed by atoms with Gasteiger partial charge in [-0.25, -0.2) is 12.8 Å².